The zero-order valence-corrected chi connectivity index (χ0v) is 11.0. The van der Waals surface area contributed by atoms with E-state index in [1.807, 2.05) is 0 Å². The van der Waals surface area contributed by atoms with Gasteiger partial charge in [-0.1, -0.05) is 0 Å². The summed E-state index contributed by atoms with van der Waals surface area (Å²) in [6.45, 7) is 4.28. The van der Waals surface area contributed by atoms with Crippen molar-refractivity contribution >= 4 is 5.78 Å². The van der Waals surface area contributed by atoms with E-state index < -0.39 is 0 Å². The van der Waals surface area contributed by atoms with Gasteiger partial charge < -0.3 is 14.8 Å². The summed E-state index contributed by atoms with van der Waals surface area (Å²) in [5.41, 5.74) is -0.132. The van der Waals surface area contributed by atoms with Crippen LogP contribution in [0.1, 0.15) is 32.1 Å². The van der Waals surface area contributed by atoms with Gasteiger partial charge in [0.05, 0.1) is 12.2 Å². The highest BCUT2D eigenvalue weighted by Crippen LogP contribution is 2.37. The summed E-state index contributed by atoms with van der Waals surface area (Å²) in [5.74, 6) is 1.23. The Morgan fingerprint density at radius 1 is 1.33 bits per heavy atom. The van der Waals surface area contributed by atoms with Crippen LogP contribution >= 0.6 is 0 Å². The molecule has 3 atom stereocenters. The first kappa shape index (κ1) is 12.6. The van der Waals surface area contributed by atoms with Crippen molar-refractivity contribution in [1.29, 1.82) is 0 Å². The highest BCUT2D eigenvalue weighted by atomic mass is 16.6. The number of hydrogen-bond donors (Lipinski definition) is 1. The quantitative estimate of drug-likeness (QED) is 0.819. The van der Waals surface area contributed by atoms with E-state index in [0.717, 1.165) is 58.4 Å². The molecule has 3 fully saturated rings. The summed E-state index contributed by atoms with van der Waals surface area (Å²) in [6.07, 6.45) is 4.66. The Balaban J connectivity index is 1.56. The second-order valence-corrected chi connectivity index (χ2v) is 6.05. The van der Waals surface area contributed by atoms with Crippen molar-refractivity contribution in [3.63, 3.8) is 0 Å². The van der Waals surface area contributed by atoms with Crippen molar-refractivity contribution in [2.45, 2.75) is 37.7 Å². The van der Waals surface area contributed by atoms with Crippen molar-refractivity contribution in [2.75, 3.05) is 32.9 Å². The number of carbonyl (C=O) groups excluding carboxylic acids is 1. The van der Waals surface area contributed by atoms with Crippen molar-refractivity contribution < 1.29 is 14.3 Å². The first-order chi connectivity index (χ1) is 8.77. The van der Waals surface area contributed by atoms with Gasteiger partial charge in [-0.15, -0.1) is 0 Å². The minimum Gasteiger partial charge on any atom is -0.378 e. The SMILES string of the molecule is O=C(CC1CCNC1)C1CCOC2(CCOC2)C1. The van der Waals surface area contributed by atoms with E-state index in [0.29, 0.717) is 18.3 Å². The van der Waals surface area contributed by atoms with E-state index in [1.165, 1.54) is 0 Å². The molecule has 3 saturated heterocycles. The maximum atomic E-state index is 12.4. The van der Waals surface area contributed by atoms with Crippen LogP contribution in [0.5, 0.6) is 0 Å². The maximum absolute atomic E-state index is 12.4. The molecule has 18 heavy (non-hydrogen) atoms. The molecule has 4 nitrogen and oxygen atoms in total. The van der Waals surface area contributed by atoms with Crippen LogP contribution in [0.15, 0.2) is 0 Å². The Morgan fingerprint density at radius 2 is 2.28 bits per heavy atom. The van der Waals surface area contributed by atoms with Gasteiger partial charge in [-0.05, 0) is 38.3 Å². The molecule has 4 heteroatoms. The van der Waals surface area contributed by atoms with Gasteiger partial charge >= 0.3 is 0 Å². The normalized spacial score (nSPS) is 40.4. The lowest BCUT2D eigenvalue weighted by molar-refractivity contribution is -0.137. The molecular weight excluding hydrogens is 230 g/mol. The van der Waals surface area contributed by atoms with Crippen LogP contribution < -0.4 is 5.32 Å². The van der Waals surface area contributed by atoms with Crippen molar-refractivity contribution in [3.05, 3.63) is 0 Å². The lowest BCUT2D eigenvalue weighted by atomic mass is 9.80. The standard InChI is InChI=1S/C14H23NO3/c16-13(7-11-1-4-15-9-11)12-2-5-18-14(8-12)3-6-17-10-14/h11-12,15H,1-10H2. The summed E-state index contributed by atoms with van der Waals surface area (Å²) >= 11 is 0. The molecule has 3 aliphatic heterocycles. The predicted octanol–water partition coefficient (Wildman–Crippen LogP) is 1.14. The average molecular weight is 253 g/mol. The number of ketones is 1. The van der Waals surface area contributed by atoms with Crippen LogP contribution in [-0.2, 0) is 14.3 Å². The molecule has 3 aliphatic rings. The first-order valence-corrected chi connectivity index (χ1v) is 7.23. The van der Waals surface area contributed by atoms with Gasteiger partial charge in [0.15, 0.2) is 0 Å². The minimum absolute atomic E-state index is 0.132. The summed E-state index contributed by atoms with van der Waals surface area (Å²) in [5, 5.41) is 3.33. The molecule has 1 N–H and O–H groups in total. The van der Waals surface area contributed by atoms with Crippen molar-refractivity contribution in [1.82, 2.24) is 5.32 Å². The number of hydrogen-bond acceptors (Lipinski definition) is 4. The topological polar surface area (TPSA) is 47.6 Å². The molecule has 0 bridgehead atoms. The summed E-state index contributed by atoms with van der Waals surface area (Å²) in [4.78, 5) is 12.4. The molecule has 3 heterocycles. The van der Waals surface area contributed by atoms with E-state index in [-0.39, 0.29) is 11.5 Å². The highest BCUT2D eigenvalue weighted by Gasteiger charge is 2.43. The monoisotopic (exact) mass is 253 g/mol. The van der Waals surface area contributed by atoms with Crippen LogP contribution in [-0.4, -0.2) is 44.3 Å². The van der Waals surface area contributed by atoms with Gasteiger partial charge in [-0.2, -0.15) is 0 Å². The van der Waals surface area contributed by atoms with E-state index in [1.54, 1.807) is 0 Å². The third-order valence-corrected chi connectivity index (χ3v) is 4.67. The molecule has 0 aliphatic carbocycles. The fourth-order valence-corrected chi connectivity index (χ4v) is 3.51. The van der Waals surface area contributed by atoms with Gasteiger partial charge in [0.1, 0.15) is 5.78 Å². The van der Waals surface area contributed by atoms with Crippen LogP contribution in [0.2, 0.25) is 0 Å². The second kappa shape index (κ2) is 5.27. The fraction of sp³-hybridized carbons (Fsp3) is 0.929. The third kappa shape index (κ3) is 2.60. The van der Waals surface area contributed by atoms with Crippen LogP contribution in [0.4, 0.5) is 0 Å². The van der Waals surface area contributed by atoms with Gasteiger partial charge in [0, 0.05) is 32.0 Å². The van der Waals surface area contributed by atoms with Crippen LogP contribution in [0.25, 0.3) is 0 Å². The zero-order valence-electron chi connectivity index (χ0n) is 11.0. The van der Waals surface area contributed by atoms with Gasteiger partial charge in [0.25, 0.3) is 0 Å². The molecule has 3 unspecified atom stereocenters. The molecule has 0 aromatic heterocycles. The lowest BCUT2D eigenvalue weighted by Crippen LogP contribution is -2.42. The zero-order chi connectivity index (χ0) is 12.4. The average Bonchev–Trinajstić information content (AvgIpc) is 3.02. The largest absolute Gasteiger partial charge is 0.378 e. The molecule has 3 rings (SSSR count). The van der Waals surface area contributed by atoms with E-state index >= 15 is 0 Å². The fourth-order valence-electron chi connectivity index (χ4n) is 3.51. The number of nitrogens with one attached hydrogen (secondary N) is 1. The molecule has 1 spiro atoms. The lowest BCUT2D eigenvalue weighted by Gasteiger charge is -2.36. The summed E-state index contributed by atoms with van der Waals surface area (Å²) in [6, 6.07) is 0. The van der Waals surface area contributed by atoms with Gasteiger partial charge in [0.2, 0.25) is 0 Å². The molecule has 0 aromatic carbocycles. The van der Waals surface area contributed by atoms with Gasteiger partial charge in [-0.25, -0.2) is 0 Å². The molecular formula is C14H23NO3. The van der Waals surface area contributed by atoms with E-state index in [2.05, 4.69) is 5.32 Å². The number of carbonyl (C=O) groups is 1. The molecule has 102 valence electrons. The van der Waals surface area contributed by atoms with E-state index in [9.17, 15) is 4.79 Å². The predicted molar refractivity (Wildman–Crippen MR) is 67.4 cm³/mol. The van der Waals surface area contributed by atoms with Crippen molar-refractivity contribution in [2.24, 2.45) is 11.8 Å². The summed E-state index contributed by atoms with van der Waals surface area (Å²) < 4.78 is 11.3. The highest BCUT2D eigenvalue weighted by molar-refractivity contribution is 5.81. The maximum Gasteiger partial charge on any atom is 0.136 e. The minimum atomic E-state index is -0.132. The number of Topliss-reactive ketones (excluding diaryl/α,β-unsaturated/α-hetero) is 1. The Labute approximate surface area is 108 Å². The Hall–Kier alpha value is -0.450. The molecule has 0 radical (unpaired) electrons. The summed E-state index contributed by atoms with van der Waals surface area (Å²) in [7, 11) is 0. The van der Waals surface area contributed by atoms with Crippen LogP contribution in [0.3, 0.4) is 0 Å². The number of rotatable bonds is 3. The van der Waals surface area contributed by atoms with Crippen LogP contribution in [0, 0.1) is 11.8 Å². The Bertz CT molecular complexity index is 306. The first-order valence-electron chi connectivity index (χ1n) is 7.23. The van der Waals surface area contributed by atoms with Crippen molar-refractivity contribution in [3.8, 4) is 0 Å². The molecule has 0 saturated carbocycles. The van der Waals surface area contributed by atoms with E-state index in [4.69, 9.17) is 9.47 Å². The molecule has 0 aromatic rings. The number of ether oxygens (including phenoxy) is 2. The smallest absolute Gasteiger partial charge is 0.136 e. The Kier molecular flexibility index (Phi) is 3.68. The molecule has 0 amide bonds. The Morgan fingerprint density at radius 3 is 3.00 bits per heavy atom. The third-order valence-electron chi connectivity index (χ3n) is 4.67. The second-order valence-electron chi connectivity index (χ2n) is 6.05. The van der Waals surface area contributed by atoms with Gasteiger partial charge in [-0.3, -0.25) is 4.79 Å².